The van der Waals surface area contributed by atoms with Gasteiger partial charge in [-0.2, -0.15) is 5.10 Å². The Kier molecular flexibility index (Phi) is 7.82. The van der Waals surface area contributed by atoms with Crippen LogP contribution >= 0.6 is 11.9 Å². The average molecular weight is 457 g/mol. The summed E-state index contributed by atoms with van der Waals surface area (Å²) in [7, 11) is -4.08. The molecule has 1 atom stereocenters. The Morgan fingerprint density at radius 3 is 2.60 bits per heavy atom. The first-order valence-electron chi connectivity index (χ1n) is 10.2. The molecular formula is C18H32N8O2S2. The Bertz CT molecular complexity index is 863. The molecule has 0 aliphatic carbocycles. The molecule has 1 unspecified atom stereocenters. The molecule has 0 bridgehead atoms. The van der Waals surface area contributed by atoms with Crippen molar-refractivity contribution in [1.29, 1.82) is 0 Å². The van der Waals surface area contributed by atoms with Crippen molar-refractivity contribution >= 4 is 33.5 Å². The van der Waals surface area contributed by atoms with Crippen LogP contribution in [0.25, 0.3) is 0 Å². The molecule has 2 aliphatic rings. The summed E-state index contributed by atoms with van der Waals surface area (Å²) in [6, 6.07) is 3.89. The lowest BCUT2D eigenvalue weighted by molar-refractivity contribution is 0.386. The highest BCUT2D eigenvalue weighted by Crippen LogP contribution is 2.36. The van der Waals surface area contributed by atoms with E-state index in [1.807, 2.05) is 6.07 Å². The Balaban J connectivity index is 1.97. The van der Waals surface area contributed by atoms with E-state index in [1.54, 1.807) is 6.07 Å². The first-order chi connectivity index (χ1) is 14.3. The fraction of sp³-hybridized carbons (Fsp3) is 0.611. The second-order valence-electron chi connectivity index (χ2n) is 7.76. The molecule has 0 spiro atoms. The minimum Gasteiger partial charge on any atom is -0.382 e. The molecule has 12 heteroatoms. The van der Waals surface area contributed by atoms with Gasteiger partial charge in [-0.3, -0.25) is 4.72 Å². The van der Waals surface area contributed by atoms with Crippen molar-refractivity contribution in [3.05, 3.63) is 17.7 Å². The van der Waals surface area contributed by atoms with Crippen LogP contribution in [0.4, 0.5) is 5.69 Å². The van der Waals surface area contributed by atoms with E-state index in [2.05, 4.69) is 20.0 Å². The zero-order valence-electron chi connectivity index (χ0n) is 17.0. The summed E-state index contributed by atoms with van der Waals surface area (Å²) >= 11 is 1.24. The van der Waals surface area contributed by atoms with Gasteiger partial charge in [-0.25, -0.2) is 13.6 Å². The Hall–Kier alpha value is -1.57. The molecule has 0 aromatic heterocycles. The standard InChI is InChI=1S/C18H32N8O2S2/c19-7-3-12-5-9-26(10-6-12)14-1-2-15(29-25-13-4-8-23-11-13)17(30(22,27)28)16(14)18(20)24-21/h1-2,12-13,23,25H,3-11,19,21H2,(H2,20,24)(H2,22,27,28). The summed E-state index contributed by atoms with van der Waals surface area (Å²) in [5.41, 5.74) is 12.7. The molecule has 0 radical (unpaired) electrons. The van der Waals surface area contributed by atoms with Gasteiger partial charge in [0.1, 0.15) is 4.90 Å². The smallest absolute Gasteiger partial charge is 0.240 e. The van der Waals surface area contributed by atoms with Crippen LogP contribution in [0.3, 0.4) is 0 Å². The number of anilines is 1. The van der Waals surface area contributed by atoms with Gasteiger partial charge in [0, 0.05) is 36.3 Å². The topological polar surface area (TPSA) is 178 Å². The van der Waals surface area contributed by atoms with Crippen molar-refractivity contribution < 1.29 is 8.42 Å². The summed E-state index contributed by atoms with van der Waals surface area (Å²) < 4.78 is 28.5. The van der Waals surface area contributed by atoms with Crippen molar-refractivity contribution in [2.75, 3.05) is 37.6 Å². The molecule has 1 aromatic carbocycles. The van der Waals surface area contributed by atoms with Crippen LogP contribution in [0, 0.1) is 5.92 Å². The summed E-state index contributed by atoms with van der Waals surface area (Å²) in [6.07, 6.45) is 3.92. The van der Waals surface area contributed by atoms with Crippen LogP contribution < -0.4 is 37.4 Å². The maximum absolute atomic E-state index is 12.6. The summed E-state index contributed by atoms with van der Waals surface area (Å²) in [5, 5.41) is 12.5. The third kappa shape index (κ3) is 5.37. The van der Waals surface area contributed by atoms with E-state index in [0.717, 1.165) is 51.9 Å². The molecule has 3 rings (SSSR count). The lowest BCUT2D eigenvalue weighted by atomic mass is 9.93. The molecule has 0 amide bonds. The highest BCUT2D eigenvalue weighted by atomic mass is 32.2. The van der Waals surface area contributed by atoms with Gasteiger partial charge in [-0.05, 0) is 68.8 Å². The van der Waals surface area contributed by atoms with Crippen molar-refractivity contribution in [3.8, 4) is 0 Å². The third-order valence-electron chi connectivity index (χ3n) is 5.71. The second kappa shape index (κ2) is 10.2. The van der Waals surface area contributed by atoms with Crippen molar-refractivity contribution in [3.63, 3.8) is 0 Å². The zero-order chi connectivity index (χ0) is 21.7. The molecule has 168 valence electrons. The minimum absolute atomic E-state index is 0.0424. The van der Waals surface area contributed by atoms with E-state index in [-0.39, 0.29) is 22.3 Å². The number of rotatable bonds is 8. The van der Waals surface area contributed by atoms with Gasteiger partial charge in [-0.1, -0.05) is 0 Å². The maximum Gasteiger partial charge on any atom is 0.240 e. The Labute approximate surface area is 182 Å². The first-order valence-corrected chi connectivity index (χ1v) is 12.5. The number of hydrazone groups is 1. The average Bonchev–Trinajstić information content (AvgIpc) is 3.25. The molecule has 2 heterocycles. The highest BCUT2D eigenvalue weighted by Gasteiger charge is 2.29. The number of sulfonamides is 1. The normalized spacial score (nSPS) is 21.3. The molecule has 2 saturated heterocycles. The monoisotopic (exact) mass is 456 g/mol. The lowest BCUT2D eigenvalue weighted by Gasteiger charge is -2.35. The van der Waals surface area contributed by atoms with Gasteiger partial charge in [0.15, 0.2) is 5.84 Å². The van der Waals surface area contributed by atoms with Crippen molar-refractivity contribution in [2.24, 2.45) is 33.5 Å². The van der Waals surface area contributed by atoms with Crippen LogP contribution in [-0.4, -0.2) is 53.0 Å². The molecule has 1 aromatic rings. The van der Waals surface area contributed by atoms with Gasteiger partial charge in [0.25, 0.3) is 0 Å². The molecule has 10 N–H and O–H groups in total. The Morgan fingerprint density at radius 2 is 2.03 bits per heavy atom. The Morgan fingerprint density at radius 1 is 1.30 bits per heavy atom. The van der Waals surface area contributed by atoms with Crippen molar-refractivity contribution in [1.82, 2.24) is 10.0 Å². The first kappa shape index (κ1) is 23.1. The minimum atomic E-state index is -4.08. The summed E-state index contributed by atoms with van der Waals surface area (Å²) in [4.78, 5) is 2.56. The van der Waals surface area contributed by atoms with Crippen LogP contribution in [0.1, 0.15) is 31.2 Å². The zero-order valence-corrected chi connectivity index (χ0v) is 18.6. The van der Waals surface area contributed by atoms with Crippen LogP contribution in [0.5, 0.6) is 0 Å². The van der Waals surface area contributed by atoms with E-state index in [4.69, 9.17) is 22.4 Å². The fourth-order valence-electron chi connectivity index (χ4n) is 4.09. The van der Waals surface area contributed by atoms with E-state index in [9.17, 15) is 8.42 Å². The van der Waals surface area contributed by atoms with E-state index in [1.165, 1.54) is 11.9 Å². The number of piperidine rings is 1. The van der Waals surface area contributed by atoms with E-state index >= 15 is 0 Å². The number of nitrogens with two attached hydrogens (primary N) is 4. The molecular weight excluding hydrogens is 424 g/mol. The molecule has 10 nitrogen and oxygen atoms in total. The predicted octanol–water partition coefficient (Wildman–Crippen LogP) is -0.563. The largest absolute Gasteiger partial charge is 0.382 e. The van der Waals surface area contributed by atoms with Crippen molar-refractivity contribution in [2.45, 2.75) is 41.5 Å². The van der Waals surface area contributed by atoms with Gasteiger partial charge in [0.05, 0.1) is 5.56 Å². The van der Waals surface area contributed by atoms with Gasteiger partial charge in [-0.15, -0.1) is 0 Å². The SMILES string of the molecule is NCCC1CCN(c2ccc(SNC3CCNC3)c(S(N)(=O)=O)c2/C(N)=N/N)CC1. The highest BCUT2D eigenvalue weighted by molar-refractivity contribution is 7.98. The summed E-state index contributed by atoms with van der Waals surface area (Å²) in [6.45, 7) is 3.98. The second-order valence-corrected chi connectivity index (χ2v) is 10.1. The maximum atomic E-state index is 12.6. The molecule has 0 saturated carbocycles. The number of benzene rings is 1. The molecule has 2 aliphatic heterocycles. The van der Waals surface area contributed by atoms with Crippen LogP contribution in [0.2, 0.25) is 0 Å². The number of amidine groups is 1. The predicted molar refractivity (Wildman–Crippen MR) is 122 cm³/mol. The summed E-state index contributed by atoms with van der Waals surface area (Å²) in [5.74, 6) is 5.99. The number of hydrogen-bond acceptors (Lipinski definition) is 9. The van der Waals surface area contributed by atoms with Crippen LogP contribution in [0.15, 0.2) is 27.0 Å². The van der Waals surface area contributed by atoms with Crippen LogP contribution in [-0.2, 0) is 10.0 Å². The molecule has 30 heavy (non-hydrogen) atoms. The fourth-order valence-corrected chi connectivity index (χ4v) is 6.23. The van der Waals surface area contributed by atoms with E-state index in [0.29, 0.717) is 23.0 Å². The third-order valence-corrected chi connectivity index (χ3v) is 7.84. The van der Waals surface area contributed by atoms with Gasteiger partial charge < -0.3 is 27.5 Å². The lowest BCUT2D eigenvalue weighted by Crippen LogP contribution is -2.37. The number of nitrogens with zero attached hydrogens (tertiary/aromatic N) is 2. The number of hydrogen-bond donors (Lipinski definition) is 6. The number of nitrogens with one attached hydrogen (secondary N) is 2. The van der Waals surface area contributed by atoms with E-state index < -0.39 is 10.0 Å². The van der Waals surface area contributed by atoms with Gasteiger partial charge >= 0.3 is 0 Å². The quantitative estimate of drug-likeness (QED) is 0.0983. The van der Waals surface area contributed by atoms with Gasteiger partial charge in [0.2, 0.25) is 10.0 Å². The molecule has 2 fully saturated rings. The number of primary sulfonamides is 1.